The molecule has 3 aromatic rings. The van der Waals surface area contributed by atoms with E-state index in [2.05, 4.69) is 10.1 Å². The predicted molar refractivity (Wildman–Crippen MR) is 99.4 cm³/mol. The number of carbonyl (C=O) groups excluding carboxylic acids is 1. The predicted octanol–water partition coefficient (Wildman–Crippen LogP) is 3.23. The van der Waals surface area contributed by atoms with Crippen molar-refractivity contribution in [2.24, 2.45) is 0 Å². The maximum atomic E-state index is 14.0. The highest BCUT2D eigenvalue weighted by Crippen LogP contribution is 2.28. The molecule has 1 aliphatic rings. The Kier molecular flexibility index (Phi) is 4.90. The van der Waals surface area contributed by atoms with Gasteiger partial charge in [0.15, 0.2) is 11.6 Å². The van der Waals surface area contributed by atoms with E-state index in [4.69, 9.17) is 0 Å². The zero-order valence-corrected chi connectivity index (χ0v) is 15.5. The first kappa shape index (κ1) is 18.3. The summed E-state index contributed by atoms with van der Waals surface area (Å²) in [6, 6.07) is 13.4. The largest absolute Gasteiger partial charge is 0.330 e. The van der Waals surface area contributed by atoms with Crippen molar-refractivity contribution < 1.29 is 13.6 Å². The fraction of sp³-hybridized carbons (Fsp3) is 0.286. The van der Waals surface area contributed by atoms with Crippen LogP contribution >= 0.6 is 0 Å². The SMILES string of the molecule is Cc1nc2n(n1)CCN(C(=O)Cc1cccc(F)c1F)[C@H]2Cc1ccccc1. The number of fused-ring (bicyclic) bond motifs is 1. The minimum atomic E-state index is -0.966. The normalized spacial score (nSPS) is 16.1. The summed E-state index contributed by atoms with van der Waals surface area (Å²) in [5.41, 5.74) is 1.13. The van der Waals surface area contributed by atoms with Crippen LogP contribution in [-0.2, 0) is 24.2 Å². The molecule has 4 rings (SSSR count). The highest BCUT2D eigenvalue weighted by atomic mass is 19.2. The molecular formula is C21H20F2N4O. The van der Waals surface area contributed by atoms with Gasteiger partial charge in [0.25, 0.3) is 0 Å². The van der Waals surface area contributed by atoms with Crippen LogP contribution in [0.15, 0.2) is 48.5 Å². The third-order valence-electron chi connectivity index (χ3n) is 5.00. The average molecular weight is 382 g/mol. The number of hydrogen-bond donors (Lipinski definition) is 0. The molecule has 7 heteroatoms. The van der Waals surface area contributed by atoms with Crippen molar-refractivity contribution in [2.75, 3.05) is 6.54 Å². The van der Waals surface area contributed by atoms with Gasteiger partial charge in [0.2, 0.25) is 5.91 Å². The zero-order chi connectivity index (χ0) is 19.7. The third-order valence-corrected chi connectivity index (χ3v) is 5.00. The second-order valence-electron chi connectivity index (χ2n) is 6.92. The van der Waals surface area contributed by atoms with E-state index >= 15 is 0 Å². The van der Waals surface area contributed by atoms with Gasteiger partial charge in [-0.25, -0.2) is 18.4 Å². The van der Waals surface area contributed by atoms with Gasteiger partial charge < -0.3 is 4.90 Å². The minimum Gasteiger partial charge on any atom is -0.330 e. The molecule has 2 heterocycles. The van der Waals surface area contributed by atoms with Gasteiger partial charge in [0, 0.05) is 18.5 Å². The lowest BCUT2D eigenvalue weighted by molar-refractivity contribution is -0.134. The molecule has 0 unspecified atom stereocenters. The molecule has 28 heavy (non-hydrogen) atoms. The van der Waals surface area contributed by atoms with Gasteiger partial charge in [0.1, 0.15) is 11.6 Å². The van der Waals surface area contributed by atoms with E-state index < -0.39 is 11.6 Å². The first-order valence-corrected chi connectivity index (χ1v) is 9.20. The molecule has 1 amide bonds. The molecule has 2 aromatic carbocycles. The summed E-state index contributed by atoms with van der Waals surface area (Å²) in [5.74, 6) is -0.789. The fourth-order valence-electron chi connectivity index (χ4n) is 3.67. The Morgan fingerprint density at radius 1 is 1.11 bits per heavy atom. The summed E-state index contributed by atoms with van der Waals surface area (Å²) in [7, 11) is 0. The van der Waals surface area contributed by atoms with Crippen molar-refractivity contribution in [1.29, 1.82) is 0 Å². The number of carbonyl (C=O) groups is 1. The molecular weight excluding hydrogens is 362 g/mol. The molecule has 0 bridgehead atoms. The fourth-order valence-corrected chi connectivity index (χ4v) is 3.67. The van der Waals surface area contributed by atoms with Crippen molar-refractivity contribution in [1.82, 2.24) is 19.7 Å². The Hall–Kier alpha value is -3.09. The van der Waals surface area contributed by atoms with Gasteiger partial charge in [-0.1, -0.05) is 42.5 Å². The molecule has 1 aliphatic heterocycles. The van der Waals surface area contributed by atoms with Gasteiger partial charge in [-0.15, -0.1) is 0 Å². The van der Waals surface area contributed by atoms with E-state index in [1.54, 1.807) is 4.90 Å². The molecule has 0 saturated heterocycles. The van der Waals surface area contributed by atoms with Crippen LogP contribution in [0.4, 0.5) is 8.78 Å². The van der Waals surface area contributed by atoms with Gasteiger partial charge >= 0.3 is 0 Å². The van der Waals surface area contributed by atoms with E-state index in [0.29, 0.717) is 25.3 Å². The van der Waals surface area contributed by atoms with E-state index in [1.807, 2.05) is 41.9 Å². The van der Waals surface area contributed by atoms with Crippen molar-refractivity contribution in [2.45, 2.75) is 32.4 Å². The third kappa shape index (κ3) is 3.52. The lowest BCUT2D eigenvalue weighted by atomic mass is 10.0. The van der Waals surface area contributed by atoms with E-state index in [-0.39, 0.29) is 23.9 Å². The number of rotatable bonds is 4. The second-order valence-corrected chi connectivity index (χ2v) is 6.92. The number of halogens is 2. The van der Waals surface area contributed by atoms with Gasteiger partial charge in [-0.05, 0) is 18.6 Å². The molecule has 0 fully saturated rings. The molecule has 0 saturated carbocycles. The Balaban J connectivity index is 1.64. The molecule has 5 nitrogen and oxygen atoms in total. The quantitative estimate of drug-likeness (QED) is 0.696. The number of nitrogens with zero attached hydrogens (tertiary/aromatic N) is 4. The van der Waals surface area contributed by atoms with Crippen LogP contribution in [0.1, 0.15) is 28.8 Å². The number of hydrogen-bond acceptors (Lipinski definition) is 3. The highest BCUT2D eigenvalue weighted by Gasteiger charge is 2.33. The topological polar surface area (TPSA) is 51.0 Å². The van der Waals surface area contributed by atoms with Crippen molar-refractivity contribution >= 4 is 5.91 Å². The van der Waals surface area contributed by atoms with Crippen molar-refractivity contribution in [3.8, 4) is 0 Å². The van der Waals surface area contributed by atoms with Crippen LogP contribution in [0, 0.1) is 18.6 Å². The van der Waals surface area contributed by atoms with Crippen LogP contribution in [-0.4, -0.2) is 32.1 Å². The van der Waals surface area contributed by atoms with Gasteiger partial charge in [-0.2, -0.15) is 5.10 Å². The molecule has 1 atom stereocenters. The van der Waals surface area contributed by atoms with Crippen LogP contribution in [0.25, 0.3) is 0 Å². The summed E-state index contributed by atoms with van der Waals surface area (Å²) in [6.07, 6.45) is 0.387. The first-order chi connectivity index (χ1) is 13.5. The Morgan fingerprint density at radius 3 is 2.68 bits per heavy atom. The molecule has 0 aliphatic carbocycles. The van der Waals surface area contributed by atoms with Gasteiger partial charge in [-0.3, -0.25) is 4.79 Å². The minimum absolute atomic E-state index is 0.0617. The van der Waals surface area contributed by atoms with Crippen LogP contribution in [0.2, 0.25) is 0 Å². The van der Waals surface area contributed by atoms with Crippen molar-refractivity contribution in [3.05, 3.63) is 82.9 Å². The summed E-state index contributed by atoms with van der Waals surface area (Å²) >= 11 is 0. The monoisotopic (exact) mass is 382 g/mol. The maximum absolute atomic E-state index is 14.0. The number of benzene rings is 2. The maximum Gasteiger partial charge on any atom is 0.227 e. The zero-order valence-electron chi connectivity index (χ0n) is 15.5. The number of aromatic nitrogens is 3. The van der Waals surface area contributed by atoms with E-state index in [9.17, 15) is 13.6 Å². The van der Waals surface area contributed by atoms with E-state index in [1.165, 1.54) is 12.1 Å². The lowest BCUT2D eigenvalue weighted by Crippen LogP contribution is -2.44. The summed E-state index contributed by atoms with van der Waals surface area (Å²) < 4.78 is 29.4. The molecule has 0 N–H and O–H groups in total. The summed E-state index contributed by atoms with van der Waals surface area (Å²) in [6.45, 7) is 2.79. The Labute approximate surface area is 161 Å². The number of amides is 1. The summed E-state index contributed by atoms with van der Waals surface area (Å²) in [5, 5.41) is 4.40. The molecule has 0 radical (unpaired) electrons. The van der Waals surface area contributed by atoms with Gasteiger partial charge in [0.05, 0.1) is 19.0 Å². The molecule has 0 spiro atoms. The number of aryl methyl sites for hydroxylation is 1. The Bertz CT molecular complexity index is 1000. The van der Waals surface area contributed by atoms with Crippen LogP contribution in [0.5, 0.6) is 0 Å². The standard InChI is InChI=1S/C21H20F2N4O/c1-14-24-21-18(12-15-6-3-2-4-7-15)26(10-11-27(21)25-14)19(28)13-16-8-5-9-17(22)20(16)23/h2-9,18H,10-13H2,1H3/t18-/m0/s1. The average Bonchev–Trinajstić information content (AvgIpc) is 3.07. The first-order valence-electron chi connectivity index (χ1n) is 9.20. The van der Waals surface area contributed by atoms with Crippen molar-refractivity contribution in [3.63, 3.8) is 0 Å². The smallest absolute Gasteiger partial charge is 0.227 e. The summed E-state index contributed by atoms with van der Waals surface area (Å²) in [4.78, 5) is 19.3. The molecule has 144 valence electrons. The van der Waals surface area contributed by atoms with Crippen LogP contribution < -0.4 is 0 Å². The van der Waals surface area contributed by atoms with E-state index in [0.717, 1.165) is 17.5 Å². The molecule has 1 aromatic heterocycles. The lowest BCUT2D eigenvalue weighted by Gasteiger charge is -2.35. The highest BCUT2D eigenvalue weighted by molar-refractivity contribution is 5.79. The second kappa shape index (κ2) is 7.50. The van der Waals surface area contributed by atoms with Crippen LogP contribution in [0.3, 0.4) is 0 Å². The Morgan fingerprint density at radius 2 is 1.89 bits per heavy atom.